The molecule has 1 aliphatic carbocycles. The highest BCUT2D eigenvalue weighted by Crippen LogP contribution is 2.27. The fraction of sp³-hybridized carbons (Fsp3) is 0.235. The summed E-state index contributed by atoms with van der Waals surface area (Å²) in [5, 5.41) is 13.8. The third kappa shape index (κ3) is 4.52. The molecular formula is C17H17N3O5S2. The third-order valence-corrected chi connectivity index (χ3v) is 6.35. The molecule has 0 saturated carbocycles. The molecule has 1 amide bonds. The first-order valence-corrected chi connectivity index (χ1v) is 10.4. The maximum atomic E-state index is 12.4. The molecule has 0 radical (unpaired) electrons. The number of rotatable bonds is 6. The van der Waals surface area contributed by atoms with Gasteiger partial charge >= 0.3 is 5.97 Å². The van der Waals surface area contributed by atoms with Crippen LogP contribution in [-0.4, -0.2) is 30.4 Å². The fourth-order valence-corrected chi connectivity index (χ4v) is 4.57. The molecule has 0 aliphatic heterocycles. The summed E-state index contributed by atoms with van der Waals surface area (Å²) in [7, 11) is -3.77. The monoisotopic (exact) mass is 407 g/mol. The van der Waals surface area contributed by atoms with E-state index in [1.54, 1.807) is 17.5 Å². The molecule has 27 heavy (non-hydrogen) atoms. The number of allylic oxidation sites excluding steroid dienone is 2. The number of carboxylic acids is 1. The van der Waals surface area contributed by atoms with Gasteiger partial charge in [-0.2, -0.15) is 0 Å². The van der Waals surface area contributed by atoms with Crippen molar-refractivity contribution in [2.75, 3.05) is 10.0 Å². The molecule has 2 atom stereocenters. The Morgan fingerprint density at radius 1 is 1.11 bits per heavy atom. The van der Waals surface area contributed by atoms with Gasteiger partial charge in [-0.3, -0.25) is 14.3 Å². The molecule has 1 aliphatic rings. The van der Waals surface area contributed by atoms with Gasteiger partial charge in [0.1, 0.15) is 0 Å². The number of carbonyl (C=O) groups excluding carboxylic acids is 1. The van der Waals surface area contributed by atoms with Crippen molar-refractivity contribution in [1.29, 1.82) is 0 Å². The Bertz CT molecular complexity index is 953. The molecule has 0 saturated heterocycles. The lowest BCUT2D eigenvalue weighted by Crippen LogP contribution is -2.34. The number of amides is 1. The van der Waals surface area contributed by atoms with Gasteiger partial charge < -0.3 is 10.4 Å². The summed E-state index contributed by atoms with van der Waals surface area (Å²) < 4.78 is 27.0. The van der Waals surface area contributed by atoms with Crippen LogP contribution in [0.1, 0.15) is 12.8 Å². The van der Waals surface area contributed by atoms with Gasteiger partial charge in [0.15, 0.2) is 5.13 Å². The van der Waals surface area contributed by atoms with Gasteiger partial charge in [-0.05, 0) is 37.1 Å². The molecular weight excluding hydrogens is 390 g/mol. The molecule has 2 unspecified atom stereocenters. The van der Waals surface area contributed by atoms with Crippen LogP contribution in [0.15, 0.2) is 52.9 Å². The van der Waals surface area contributed by atoms with E-state index < -0.39 is 33.7 Å². The van der Waals surface area contributed by atoms with E-state index in [1.807, 2.05) is 0 Å². The zero-order valence-electron chi connectivity index (χ0n) is 14.0. The van der Waals surface area contributed by atoms with E-state index in [0.29, 0.717) is 18.5 Å². The highest BCUT2D eigenvalue weighted by molar-refractivity contribution is 7.93. The van der Waals surface area contributed by atoms with Gasteiger partial charge in [0.25, 0.3) is 10.0 Å². The first kappa shape index (κ1) is 19.1. The maximum Gasteiger partial charge on any atom is 0.307 e. The number of thiazole rings is 1. The Morgan fingerprint density at radius 3 is 2.37 bits per heavy atom. The zero-order chi connectivity index (χ0) is 19.4. The minimum atomic E-state index is -3.77. The van der Waals surface area contributed by atoms with E-state index >= 15 is 0 Å². The number of hydrogen-bond donors (Lipinski definition) is 3. The number of benzene rings is 1. The standard InChI is InChI=1S/C17H17N3O5S2/c21-15(13-3-1-2-4-14(13)16(22)23)19-11-5-7-12(8-6-11)27(24,25)20-17-18-9-10-26-17/h1-2,5-10,13-14H,3-4H2,(H,18,20)(H,19,21)(H,22,23). The van der Waals surface area contributed by atoms with Gasteiger partial charge in [0, 0.05) is 17.3 Å². The Balaban J connectivity index is 1.69. The van der Waals surface area contributed by atoms with E-state index in [2.05, 4.69) is 15.0 Å². The molecule has 1 aromatic heterocycles. The lowest BCUT2D eigenvalue weighted by molar-refractivity contribution is -0.146. The Kier molecular flexibility index (Phi) is 5.57. The van der Waals surface area contributed by atoms with Gasteiger partial charge in [0.05, 0.1) is 16.7 Å². The molecule has 3 rings (SSSR count). The van der Waals surface area contributed by atoms with Crippen LogP contribution in [0.4, 0.5) is 10.8 Å². The normalized spacial score (nSPS) is 19.4. The molecule has 142 valence electrons. The molecule has 0 bridgehead atoms. The minimum absolute atomic E-state index is 0.0275. The number of aliphatic carboxylic acids is 1. The van der Waals surface area contributed by atoms with E-state index in [4.69, 9.17) is 0 Å². The summed E-state index contributed by atoms with van der Waals surface area (Å²) in [6.07, 6.45) is 5.72. The maximum absolute atomic E-state index is 12.4. The predicted molar refractivity (Wildman–Crippen MR) is 101 cm³/mol. The summed E-state index contributed by atoms with van der Waals surface area (Å²) >= 11 is 1.16. The van der Waals surface area contributed by atoms with Crippen LogP contribution in [-0.2, 0) is 19.6 Å². The highest BCUT2D eigenvalue weighted by atomic mass is 32.2. The molecule has 0 fully saturated rings. The Hall–Kier alpha value is -2.72. The molecule has 8 nitrogen and oxygen atoms in total. The Morgan fingerprint density at radius 2 is 1.78 bits per heavy atom. The number of sulfonamides is 1. The Labute approximate surface area is 160 Å². The van der Waals surface area contributed by atoms with Crippen LogP contribution < -0.4 is 10.0 Å². The lowest BCUT2D eigenvalue weighted by Gasteiger charge is -2.24. The molecule has 10 heteroatoms. The number of carbonyl (C=O) groups is 2. The van der Waals surface area contributed by atoms with E-state index in [-0.39, 0.29) is 10.0 Å². The highest BCUT2D eigenvalue weighted by Gasteiger charge is 2.33. The molecule has 3 N–H and O–H groups in total. The van der Waals surface area contributed by atoms with Crippen molar-refractivity contribution in [3.05, 3.63) is 48.0 Å². The topological polar surface area (TPSA) is 125 Å². The van der Waals surface area contributed by atoms with Gasteiger partial charge in [-0.15, -0.1) is 11.3 Å². The predicted octanol–water partition coefficient (Wildman–Crippen LogP) is 2.55. The summed E-state index contributed by atoms with van der Waals surface area (Å²) in [5.41, 5.74) is 0.395. The van der Waals surface area contributed by atoms with E-state index in [9.17, 15) is 23.1 Å². The number of anilines is 2. The number of nitrogens with zero attached hydrogens (tertiary/aromatic N) is 1. The molecule has 2 aromatic rings. The van der Waals surface area contributed by atoms with Crippen LogP contribution in [0.3, 0.4) is 0 Å². The van der Waals surface area contributed by atoms with Gasteiger partial charge in [-0.25, -0.2) is 13.4 Å². The quantitative estimate of drug-likeness (QED) is 0.632. The first-order chi connectivity index (χ1) is 12.9. The third-order valence-electron chi connectivity index (χ3n) is 4.17. The first-order valence-electron chi connectivity index (χ1n) is 8.08. The van der Waals surface area contributed by atoms with Crippen molar-refractivity contribution >= 4 is 44.1 Å². The number of carboxylic acid groups (broad SMARTS) is 1. The van der Waals surface area contributed by atoms with Crippen molar-refractivity contribution in [2.45, 2.75) is 17.7 Å². The summed E-state index contributed by atoms with van der Waals surface area (Å²) in [6, 6.07) is 5.65. The van der Waals surface area contributed by atoms with Crippen molar-refractivity contribution in [3.63, 3.8) is 0 Å². The number of nitrogens with one attached hydrogen (secondary N) is 2. The largest absolute Gasteiger partial charge is 0.481 e. The molecule has 0 spiro atoms. The molecule has 1 heterocycles. The van der Waals surface area contributed by atoms with E-state index in [1.165, 1.54) is 30.5 Å². The van der Waals surface area contributed by atoms with Crippen molar-refractivity contribution in [3.8, 4) is 0 Å². The van der Waals surface area contributed by atoms with Crippen LogP contribution in [0.5, 0.6) is 0 Å². The summed E-state index contributed by atoms with van der Waals surface area (Å²) in [6.45, 7) is 0. The second-order valence-electron chi connectivity index (χ2n) is 5.95. The average Bonchev–Trinajstić information content (AvgIpc) is 3.14. The number of aromatic nitrogens is 1. The summed E-state index contributed by atoms with van der Waals surface area (Å²) in [4.78, 5) is 27.6. The van der Waals surface area contributed by atoms with Crippen LogP contribution in [0.25, 0.3) is 0 Å². The van der Waals surface area contributed by atoms with Gasteiger partial charge in [-0.1, -0.05) is 12.2 Å². The number of hydrogen-bond acceptors (Lipinski definition) is 6. The van der Waals surface area contributed by atoms with Crippen LogP contribution in [0.2, 0.25) is 0 Å². The lowest BCUT2D eigenvalue weighted by atomic mass is 9.82. The average molecular weight is 407 g/mol. The zero-order valence-corrected chi connectivity index (χ0v) is 15.7. The minimum Gasteiger partial charge on any atom is -0.481 e. The van der Waals surface area contributed by atoms with Crippen LogP contribution >= 0.6 is 11.3 Å². The van der Waals surface area contributed by atoms with Crippen LogP contribution in [0, 0.1) is 11.8 Å². The SMILES string of the molecule is O=C(O)C1CC=CCC1C(=O)Nc1ccc(S(=O)(=O)Nc2nccs2)cc1. The van der Waals surface area contributed by atoms with Crippen molar-refractivity contribution in [1.82, 2.24) is 4.98 Å². The van der Waals surface area contributed by atoms with Crippen molar-refractivity contribution in [2.24, 2.45) is 11.8 Å². The second-order valence-corrected chi connectivity index (χ2v) is 8.53. The molecule has 1 aromatic carbocycles. The fourth-order valence-electron chi connectivity index (χ4n) is 2.78. The van der Waals surface area contributed by atoms with Crippen molar-refractivity contribution < 1.29 is 23.1 Å². The summed E-state index contributed by atoms with van der Waals surface area (Å²) in [5.74, 6) is -2.84. The second kappa shape index (κ2) is 7.89. The van der Waals surface area contributed by atoms with Gasteiger partial charge in [0.2, 0.25) is 5.91 Å². The van der Waals surface area contributed by atoms with E-state index in [0.717, 1.165) is 11.3 Å². The smallest absolute Gasteiger partial charge is 0.307 e.